The van der Waals surface area contributed by atoms with E-state index in [1.165, 1.54) is 12.1 Å². The van der Waals surface area contributed by atoms with Crippen LogP contribution in [0.2, 0.25) is 10.0 Å². The lowest BCUT2D eigenvalue weighted by Crippen LogP contribution is -2.08. The van der Waals surface area contributed by atoms with Crippen LogP contribution in [-0.2, 0) is 19.0 Å². The van der Waals surface area contributed by atoms with Gasteiger partial charge in [-0.25, -0.2) is 4.68 Å². The second kappa shape index (κ2) is 7.92. The molecule has 2 aromatic carbocycles. The van der Waals surface area contributed by atoms with Gasteiger partial charge in [0.2, 0.25) is 0 Å². The fourth-order valence-electron chi connectivity index (χ4n) is 3.54. The van der Waals surface area contributed by atoms with Crippen molar-refractivity contribution in [2.75, 3.05) is 11.9 Å². The van der Waals surface area contributed by atoms with Crippen LogP contribution in [0.3, 0.4) is 0 Å². The van der Waals surface area contributed by atoms with Gasteiger partial charge in [-0.3, -0.25) is 0 Å². The molecule has 4 rings (SSSR count). The number of nitrogens with zero attached hydrogens (tertiary/aromatic N) is 2. The average molecular weight is 440 g/mol. The molecule has 2 heterocycles. The molecule has 3 aromatic rings. The molecule has 0 fully saturated rings. The van der Waals surface area contributed by atoms with E-state index in [2.05, 4.69) is 5.32 Å². The van der Waals surface area contributed by atoms with Crippen LogP contribution in [0.15, 0.2) is 42.5 Å². The Morgan fingerprint density at radius 2 is 1.79 bits per heavy atom. The van der Waals surface area contributed by atoms with Crippen LogP contribution >= 0.6 is 23.2 Å². The van der Waals surface area contributed by atoms with Crippen molar-refractivity contribution in [1.29, 1.82) is 0 Å². The molecule has 0 atom stereocenters. The first-order valence-corrected chi connectivity index (χ1v) is 10.0. The van der Waals surface area contributed by atoms with Gasteiger partial charge in [-0.1, -0.05) is 29.3 Å². The van der Waals surface area contributed by atoms with E-state index in [9.17, 15) is 13.2 Å². The maximum absolute atomic E-state index is 12.9. The van der Waals surface area contributed by atoms with Crippen LogP contribution in [0.25, 0.3) is 5.69 Å². The third kappa shape index (κ3) is 4.23. The predicted octanol–water partition coefficient (Wildman–Crippen LogP) is 6.54. The summed E-state index contributed by atoms with van der Waals surface area (Å²) in [6.45, 7) is 0.792. The van der Waals surface area contributed by atoms with Gasteiger partial charge < -0.3 is 5.32 Å². The zero-order valence-electron chi connectivity index (χ0n) is 15.4. The molecule has 1 aromatic heterocycles. The van der Waals surface area contributed by atoms with Gasteiger partial charge in [0.25, 0.3) is 0 Å². The third-order valence-corrected chi connectivity index (χ3v) is 5.61. The summed E-state index contributed by atoms with van der Waals surface area (Å²) in [5.41, 5.74) is 2.74. The topological polar surface area (TPSA) is 29.9 Å². The SMILES string of the molecule is FC(F)(F)c1ccc(-n2nc(Cc3ccc(Cl)cc3Cl)c3c2NCCCC3)cc1. The van der Waals surface area contributed by atoms with Crippen molar-refractivity contribution in [2.24, 2.45) is 0 Å². The molecular weight excluding hydrogens is 422 g/mol. The molecule has 0 bridgehead atoms. The fourth-order valence-corrected chi connectivity index (χ4v) is 4.01. The minimum atomic E-state index is -4.37. The van der Waals surface area contributed by atoms with Gasteiger partial charge in [-0.05, 0) is 61.2 Å². The first-order valence-electron chi connectivity index (χ1n) is 9.29. The standard InChI is InChI=1S/C21H18Cl2F3N3/c22-15-7-4-13(18(23)12-15)11-19-17-3-1-2-10-27-20(17)29(28-19)16-8-5-14(6-9-16)21(24,25)26/h4-9,12,27H,1-3,10-11H2. The fraction of sp³-hybridized carbons (Fsp3) is 0.286. The highest BCUT2D eigenvalue weighted by atomic mass is 35.5. The molecule has 1 aliphatic rings. The molecule has 152 valence electrons. The van der Waals surface area contributed by atoms with Gasteiger partial charge in [0.1, 0.15) is 5.82 Å². The van der Waals surface area contributed by atoms with Gasteiger partial charge in [0.05, 0.1) is 16.9 Å². The van der Waals surface area contributed by atoms with E-state index in [0.29, 0.717) is 22.2 Å². The Kier molecular flexibility index (Phi) is 5.49. The van der Waals surface area contributed by atoms with Crippen LogP contribution in [0.5, 0.6) is 0 Å². The summed E-state index contributed by atoms with van der Waals surface area (Å²) in [6.07, 6.45) is -0.964. The zero-order valence-corrected chi connectivity index (χ0v) is 16.9. The minimum Gasteiger partial charge on any atom is -0.370 e. The van der Waals surface area contributed by atoms with E-state index < -0.39 is 11.7 Å². The number of alkyl halides is 3. The molecule has 29 heavy (non-hydrogen) atoms. The van der Waals surface area contributed by atoms with Crippen molar-refractivity contribution < 1.29 is 13.2 Å². The summed E-state index contributed by atoms with van der Waals surface area (Å²) in [7, 11) is 0. The highest BCUT2D eigenvalue weighted by Crippen LogP contribution is 2.33. The van der Waals surface area contributed by atoms with E-state index in [4.69, 9.17) is 28.3 Å². The number of aromatic nitrogens is 2. The molecule has 1 aliphatic heterocycles. The van der Waals surface area contributed by atoms with Gasteiger partial charge in [0, 0.05) is 28.6 Å². The maximum atomic E-state index is 12.9. The number of nitrogens with one attached hydrogen (secondary N) is 1. The molecular formula is C21H18Cl2F3N3. The number of hydrogen-bond acceptors (Lipinski definition) is 2. The van der Waals surface area contributed by atoms with E-state index >= 15 is 0 Å². The average Bonchev–Trinajstić information content (AvgIpc) is 2.84. The van der Waals surface area contributed by atoms with E-state index in [-0.39, 0.29) is 0 Å². The molecule has 3 nitrogen and oxygen atoms in total. The number of fused-ring (bicyclic) bond motifs is 1. The van der Waals surface area contributed by atoms with E-state index in [0.717, 1.165) is 60.6 Å². The Morgan fingerprint density at radius 1 is 1.03 bits per heavy atom. The number of benzene rings is 2. The van der Waals surface area contributed by atoms with Gasteiger partial charge >= 0.3 is 6.18 Å². The number of anilines is 1. The number of hydrogen-bond donors (Lipinski definition) is 1. The maximum Gasteiger partial charge on any atom is 0.416 e. The summed E-state index contributed by atoms with van der Waals surface area (Å²) in [4.78, 5) is 0. The summed E-state index contributed by atoms with van der Waals surface area (Å²) >= 11 is 12.3. The van der Waals surface area contributed by atoms with Crippen LogP contribution in [-0.4, -0.2) is 16.3 Å². The van der Waals surface area contributed by atoms with Crippen LogP contribution in [0.4, 0.5) is 19.0 Å². The van der Waals surface area contributed by atoms with E-state index in [1.54, 1.807) is 16.8 Å². The Hall–Kier alpha value is -2.18. The Morgan fingerprint density at radius 3 is 2.48 bits per heavy atom. The smallest absolute Gasteiger partial charge is 0.370 e. The second-order valence-corrected chi connectivity index (χ2v) is 7.87. The highest BCUT2D eigenvalue weighted by molar-refractivity contribution is 6.35. The highest BCUT2D eigenvalue weighted by Gasteiger charge is 2.30. The Labute approximate surface area is 176 Å². The molecule has 0 amide bonds. The number of rotatable bonds is 3. The number of halogens is 5. The molecule has 0 radical (unpaired) electrons. The molecule has 0 saturated heterocycles. The second-order valence-electron chi connectivity index (χ2n) is 7.03. The van der Waals surface area contributed by atoms with Gasteiger partial charge in [-0.2, -0.15) is 18.3 Å². The largest absolute Gasteiger partial charge is 0.416 e. The minimum absolute atomic E-state index is 0.521. The normalized spacial score (nSPS) is 14.2. The molecule has 0 aliphatic carbocycles. The summed E-state index contributed by atoms with van der Waals surface area (Å²) in [5, 5.41) is 9.26. The van der Waals surface area contributed by atoms with Gasteiger partial charge in [-0.15, -0.1) is 0 Å². The van der Waals surface area contributed by atoms with Crippen LogP contribution in [0, 0.1) is 0 Å². The van der Waals surface area contributed by atoms with Crippen LogP contribution in [0.1, 0.15) is 35.2 Å². The lowest BCUT2D eigenvalue weighted by Gasteiger charge is -2.11. The lowest BCUT2D eigenvalue weighted by atomic mass is 10.0. The quantitative estimate of drug-likeness (QED) is 0.502. The summed E-state index contributed by atoms with van der Waals surface area (Å²) in [5.74, 6) is 0.836. The lowest BCUT2D eigenvalue weighted by molar-refractivity contribution is -0.137. The summed E-state index contributed by atoms with van der Waals surface area (Å²) < 4.78 is 40.4. The Balaban J connectivity index is 1.75. The summed E-state index contributed by atoms with van der Waals surface area (Å²) in [6, 6.07) is 10.4. The monoisotopic (exact) mass is 439 g/mol. The zero-order chi connectivity index (χ0) is 20.6. The van der Waals surface area contributed by atoms with Crippen molar-refractivity contribution in [3.05, 3.63) is 74.9 Å². The molecule has 8 heteroatoms. The third-order valence-electron chi connectivity index (χ3n) is 5.02. The first kappa shape index (κ1) is 20.1. The van der Waals surface area contributed by atoms with Crippen molar-refractivity contribution in [1.82, 2.24) is 9.78 Å². The molecule has 0 unspecified atom stereocenters. The van der Waals surface area contributed by atoms with Crippen molar-refractivity contribution in [3.63, 3.8) is 0 Å². The van der Waals surface area contributed by atoms with Crippen molar-refractivity contribution in [2.45, 2.75) is 31.9 Å². The van der Waals surface area contributed by atoms with E-state index in [1.807, 2.05) is 6.07 Å². The first-order chi connectivity index (χ1) is 13.8. The molecule has 0 saturated carbocycles. The van der Waals surface area contributed by atoms with Crippen molar-refractivity contribution >= 4 is 29.0 Å². The Bertz CT molecular complexity index is 1030. The van der Waals surface area contributed by atoms with Crippen molar-refractivity contribution in [3.8, 4) is 5.69 Å². The van der Waals surface area contributed by atoms with Crippen LogP contribution < -0.4 is 5.32 Å². The van der Waals surface area contributed by atoms with Gasteiger partial charge in [0.15, 0.2) is 0 Å². The predicted molar refractivity (Wildman–Crippen MR) is 109 cm³/mol. The molecule has 1 N–H and O–H groups in total. The molecule has 0 spiro atoms.